The third kappa shape index (κ3) is 10.4. The monoisotopic (exact) mass is 906 g/mol. The Kier molecular flexibility index (Phi) is 12.6. The van der Waals surface area contributed by atoms with E-state index in [0.29, 0.717) is 37.7 Å². The number of carbonyl (C=O) groups excluding carboxylic acids is 2. The molecule has 2 aliphatic heterocycles. The summed E-state index contributed by atoms with van der Waals surface area (Å²) in [5.41, 5.74) is 6.87. The number of nitrogens with one attached hydrogen (secondary N) is 1. The van der Waals surface area contributed by atoms with Crippen LogP contribution in [0.4, 0.5) is 20.4 Å². The van der Waals surface area contributed by atoms with Crippen LogP contribution < -0.4 is 10.1 Å². The van der Waals surface area contributed by atoms with Gasteiger partial charge in [-0.2, -0.15) is 33.8 Å². The molecule has 0 bridgehead atoms. The van der Waals surface area contributed by atoms with Gasteiger partial charge in [-0.3, -0.25) is 9.36 Å². The van der Waals surface area contributed by atoms with Crippen LogP contribution in [0.25, 0.3) is 33.5 Å². The zero-order chi connectivity index (χ0) is 46.2. The number of nitrogens with zero attached hydrogens (tertiary/aromatic N) is 13. The van der Waals surface area contributed by atoms with Crippen molar-refractivity contribution >= 4 is 45.8 Å². The Balaban J connectivity index is 0.000000179. The molecule has 2 saturated heterocycles. The van der Waals surface area contributed by atoms with Crippen molar-refractivity contribution in [1.82, 2.24) is 62.9 Å². The Labute approximate surface area is 381 Å². The summed E-state index contributed by atoms with van der Waals surface area (Å²) < 4.78 is 28.2. The molecule has 19 nitrogen and oxygen atoms in total. The fourth-order valence-electron chi connectivity index (χ4n) is 8.09. The molecule has 9 heterocycles. The van der Waals surface area contributed by atoms with Crippen molar-refractivity contribution in [1.29, 1.82) is 0 Å². The number of aromatic nitrogens is 11. The highest BCUT2D eigenvalue weighted by Crippen LogP contribution is 2.35. The summed E-state index contributed by atoms with van der Waals surface area (Å²) in [6.45, 7) is 15.8. The van der Waals surface area contributed by atoms with Gasteiger partial charge in [-0.15, -0.1) is 0 Å². The van der Waals surface area contributed by atoms with Crippen LogP contribution in [0.15, 0.2) is 55.4 Å². The van der Waals surface area contributed by atoms with E-state index in [0.717, 1.165) is 81.5 Å². The van der Waals surface area contributed by atoms with Crippen molar-refractivity contribution in [3.05, 3.63) is 72.5 Å². The maximum atomic E-state index is 12.8. The Morgan fingerprint density at radius 2 is 1.22 bits per heavy atom. The van der Waals surface area contributed by atoms with Crippen molar-refractivity contribution in [3.63, 3.8) is 0 Å². The summed E-state index contributed by atoms with van der Waals surface area (Å²) in [6.07, 6.45) is 14.2. The minimum atomic E-state index is -0.526. The van der Waals surface area contributed by atoms with E-state index in [-0.39, 0.29) is 24.0 Å². The zero-order valence-corrected chi connectivity index (χ0v) is 39.6. The zero-order valence-electron chi connectivity index (χ0n) is 38.8. The van der Waals surface area contributed by atoms with Gasteiger partial charge in [-0.25, -0.2) is 19.6 Å². The number of amides is 2. The van der Waals surface area contributed by atoms with Crippen LogP contribution in [0.1, 0.15) is 96.1 Å². The highest BCUT2D eigenvalue weighted by Gasteiger charge is 2.32. The molecular formula is C45H58N14O5S. The molecule has 2 amide bonds. The van der Waals surface area contributed by atoms with E-state index >= 15 is 0 Å². The van der Waals surface area contributed by atoms with E-state index in [2.05, 4.69) is 30.1 Å². The van der Waals surface area contributed by atoms with E-state index in [4.69, 9.17) is 24.2 Å². The fourth-order valence-corrected chi connectivity index (χ4v) is 8.75. The average Bonchev–Trinajstić information content (AvgIpc) is 4.12. The average molecular weight is 907 g/mol. The molecular weight excluding hydrogens is 849 g/mol. The minimum absolute atomic E-state index is 0.0849. The molecule has 7 aromatic heterocycles. The van der Waals surface area contributed by atoms with E-state index in [1.54, 1.807) is 43.2 Å². The predicted octanol–water partition coefficient (Wildman–Crippen LogP) is 8.01. The molecule has 2 unspecified atom stereocenters. The first-order chi connectivity index (χ1) is 30.9. The van der Waals surface area contributed by atoms with Gasteiger partial charge in [0.05, 0.1) is 49.0 Å². The smallest absolute Gasteiger partial charge is 0.410 e. The topological polar surface area (TPSA) is 189 Å². The normalized spacial score (nSPS) is 17.0. The molecule has 0 radical (unpaired) electrons. The molecule has 344 valence electrons. The molecule has 0 spiro atoms. The number of aryl methyl sites for hydroxylation is 3. The summed E-state index contributed by atoms with van der Waals surface area (Å²) in [5, 5.41) is 22.1. The molecule has 65 heavy (non-hydrogen) atoms. The molecule has 2 aliphatic rings. The maximum absolute atomic E-state index is 12.8. The van der Waals surface area contributed by atoms with Gasteiger partial charge >= 0.3 is 12.2 Å². The number of methoxy groups -OCH3 is 1. The van der Waals surface area contributed by atoms with Gasteiger partial charge in [-0.1, -0.05) is 0 Å². The Hall–Kier alpha value is -6.57. The highest BCUT2D eigenvalue weighted by atomic mass is 32.1. The van der Waals surface area contributed by atoms with Crippen molar-refractivity contribution in [3.8, 4) is 28.1 Å². The maximum Gasteiger partial charge on any atom is 0.410 e. The molecule has 2 fully saturated rings. The first-order valence-corrected chi connectivity index (χ1v) is 22.6. The van der Waals surface area contributed by atoms with E-state index < -0.39 is 11.2 Å². The van der Waals surface area contributed by atoms with Gasteiger partial charge in [0.25, 0.3) is 0 Å². The third-order valence-corrected chi connectivity index (χ3v) is 11.8. The quantitative estimate of drug-likeness (QED) is 0.162. The van der Waals surface area contributed by atoms with Crippen LogP contribution in [0.5, 0.6) is 5.88 Å². The first kappa shape index (κ1) is 45.0. The number of anilines is 2. The second-order valence-corrected chi connectivity index (χ2v) is 19.5. The Bertz CT molecular complexity index is 2810. The number of carbonyl (C=O) groups is 2. The summed E-state index contributed by atoms with van der Waals surface area (Å²) in [7, 11) is 5.39. The predicted molar refractivity (Wildman–Crippen MR) is 247 cm³/mol. The Morgan fingerprint density at radius 1 is 0.708 bits per heavy atom. The number of ether oxygens (including phenoxy) is 3. The lowest BCUT2D eigenvalue weighted by atomic mass is 9.94. The molecule has 0 saturated carbocycles. The number of rotatable bonds is 7. The van der Waals surface area contributed by atoms with Crippen LogP contribution in [0.3, 0.4) is 0 Å². The second-order valence-electron chi connectivity index (χ2n) is 18.7. The van der Waals surface area contributed by atoms with E-state index in [9.17, 15) is 9.59 Å². The first-order valence-electron chi connectivity index (χ1n) is 21.9. The van der Waals surface area contributed by atoms with E-state index in [1.807, 2.05) is 110 Å². The van der Waals surface area contributed by atoms with Gasteiger partial charge < -0.3 is 29.3 Å². The third-order valence-electron chi connectivity index (χ3n) is 11.1. The van der Waals surface area contributed by atoms with Gasteiger partial charge in [0.15, 0.2) is 11.3 Å². The van der Waals surface area contributed by atoms with Crippen LogP contribution in [-0.2, 0) is 23.6 Å². The number of likely N-dealkylation sites (tertiary alicyclic amines) is 2. The molecule has 0 aliphatic carbocycles. The van der Waals surface area contributed by atoms with Crippen LogP contribution >= 0.6 is 11.5 Å². The number of piperidine rings is 2. The van der Waals surface area contributed by atoms with Crippen molar-refractivity contribution < 1.29 is 23.8 Å². The van der Waals surface area contributed by atoms with Gasteiger partial charge in [0.2, 0.25) is 5.88 Å². The molecule has 20 heteroatoms. The number of hydrogen-bond acceptors (Lipinski definition) is 14. The van der Waals surface area contributed by atoms with Crippen molar-refractivity contribution in [2.24, 2.45) is 14.1 Å². The van der Waals surface area contributed by atoms with Gasteiger partial charge in [-0.05, 0) is 91.7 Å². The highest BCUT2D eigenvalue weighted by molar-refractivity contribution is 7.10. The lowest BCUT2D eigenvalue weighted by Gasteiger charge is -2.34. The standard InChI is InChI=1S/C24H30N8O2S.C21H28N6O3/c1-15-9-21(35-29-15)28-20-10-19(16-7-6-8-31(14-16)23(33)34-24(2,3)4)27-22-18(12-26-32(20)22)17-11-25-30(5)13-17;1-21(2,3)30-20(28)26-8-6-7-14(13-26)17-9-18(29-5)27-19(24-17)16(11-23-27)15-10-22-25(4)12-15/h9-13,16,28H,6-8,14H2,1-5H3;9-12,14H,6-8,13H2,1-5H3. The largest absolute Gasteiger partial charge is 0.481 e. The summed E-state index contributed by atoms with van der Waals surface area (Å²) >= 11 is 1.41. The van der Waals surface area contributed by atoms with Gasteiger partial charge in [0.1, 0.15) is 22.0 Å². The molecule has 2 atom stereocenters. The number of fused-ring (bicyclic) bond motifs is 2. The van der Waals surface area contributed by atoms with E-state index in [1.165, 1.54) is 11.5 Å². The lowest BCUT2D eigenvalue weighted by molar-refractivity contribution is 0.0187. The Morgan fingerprint density at radius 3 is 1.68 bits per heavy atom. The fraction of sp³-hybridized carbons (Fsp3) is 0.489. The molecule has 0 aromatic carbocycles. The minimum Gasteiger partial charge on any atom is -0.481 e. The van der Waals surface area contributed by atoms with Crippen LogP contribution in [0, 0.1) is 6.92 Å². The number of hydrogen-bond donors (Lipinski definition) is 1. The summed E-state index contributed by atoms with van der Waals surface area (Å²) in [4.78, 5) is 38.9. The van der Waals surface area contributed by atoms with Crippen LogP contribution in [-0.4, -0.2) is 120 Å². The SMILES string of the molecule is COc1cc(C2CCCN(C(=O)OC(C)(C)C)C2)nc2c(-c3cnn(C)c3)cnn12.Cc1cc(Nc2cc(C3CCCN(C(=O)OC(C)(C)C)C3)nc3c(-c4cnn(C)c4)cnn23)sn1. The molecule has 9 rings (SSSR count). The van der Waals surface area contributed by atoms with Gasteiger partial charge in [0, 0.05) is 98.9 Å². The lowest BCUT2D eigenvalue weighted by Crippen LogP contribution is -2.42. The summed E-state index contributed by atoms with van der Waals surface area (Å²) in [6, 6.07) is 5.95. The van der Waals surface area contributed by atoms with Crippen molar-refractivity contribution in [2.75, 3.05) is 38.6 Å². The second kappa shape index (κ2) is 18.1. The summed E-state index contributed by atoms with van der Waals surface area (Å²) in [5.74, 6) is 1.60. The molecule has 7 aromatic rings. The van der Waals surface area contributed by atoms with Crippen LogP contribution in [0.2, 0.25) is 0 Å². The van der Waals surface area contributed by atoms with Crippen molar-refractivity contribution in [2.45, 2.75) is 97.2 Å². The molecule has 1 N–H and O–H groups in total.